The van der Waals surface area contributed by atoms with E-state index in [1.165, 1.54) is 24.9 Å². The minimum atomic E-state index is -0.908. The zero-order chi connectivity index (χ0) is 26.3. The predicted octanol–water partition coefficient (Wildman–Crippen LogP) is 3.83. The fourth-order valence-electron chi connectivity index (χ4n) is 5.01. The van der Waals surface area contributed by atoms with Crippen LogP contribution < -0.4 is 0 Å². The fraction of sp³-hybridized carbons (Fsp3) is 0.407. The molecule has 1 aromatic carbocycles. The van der Waals surface area contributed by atoms with Crippen LogP contribution in [-0.2, 0) is 38.7 Å². The minimum Gasteiger partial charge on any atom is -0.466 e. The first-order valence-electron chi connectivity index (χ1n) is 11.6. The molecule has 1 aromatic heterocycles. The fourth-order valence-corrected chi connectivity index (χ4v) is 5.01. The van der Waals surface area contributed by atoms with Gasteiger partial charge in [-0.1, -0.05) is 30.4 Å². The molecule has 9 nitrogen and oxygen atoms in total. The molecule has 36 heavy (non-hydrogen) atoms. The lowest BCUT2D eigenvalue weighted by molar-refractivity contribution is -0.165. The van der Waals surface area contributed by atoms with Gasteiger partial charge in [0.25, 0.3) is 0 Å². The summed E-state index contributed by atoms with van der Waals surface area (Å²) in [5.41, 5.74) is -0.00875. The van der Waals surface area contributed by atoms with Gasteiger partial charge in [0.15, 0.2) is 0 Å². The van der Waals surface area contributed by atoms with Gasteiger partial charge in [-0.3, -0.25) is 9.36 Å². The van der Waals surface area contributed by atoms with Crippen molar-refractivity contribution >= 4 is 34.9 Å². The molecule has 3 atom stereocenters. The molecule has 1 fully saturated rings. The highest BCUT2D eigenvalue weighted by atomic mass is 16.6. The lowest BCUT2D eigenvalue weighted by Crippen LogP contribution is -2.53. The highest BCUT2D eigenvalue weighted by Crippen LogP contribution is 2.52. The first-order chi connectivity index (χ1) is 17.0. The summed E-state index contributed by atoms with van der Waals surface area (Å²) >= 11 is 0. The molecule has 1 aliphatic carbocycles. The van der Waals surface area contributed by atoms with Crippen LogP contribution in [0.25, 0.3) is 10.9 Å². The zero-order valence-corrected chi connectivity index (χ0v) is 20.9. The Morgan fingerprint density at radius 1 is 1.17 bits per heavy atom. The van der Waals surface area contributed by atoms with Gasteiger partial charge in [-0.15, -0.1) is 0 Å². The smallest absolute Gasteiger partial charge is 0.419 e. The SMILES string of the molecule is COC(=O)/C=C/C[C@]1(c2cn(C(=O)OC(C)(C)C)c3ccccc23)C[C@H]2OC(=O)[C@@H]1C=C2C(=O)OC. The number of allylic oxidation sites excluding steroid dienone is 1. The second-order valence-corrected chi connectivity index (χ2v) is 9.92. The largest absolute Gasteiger partial charge is 0.466 e. The van der Waals surface area contributed by atoms with Crippen molar-refractivity contribution in [1.82, 2.24) is 4.57 Å². The van der Waals surface area contributed by atoms with Crippen molar-refractivity contribution in [3.8, 4) is 0 Å². The molecule has 2 aliphatic heterocycles. The third-order valence-electron chi connectivity index (χ3n) is 6.55. The van der Waals surface area contributed by atoms with Gasteiger partial charge in [-0.05, 0) is 38.8 Å². The summed E-state index contributed by atoms with van der Waals surface area (Å²) in [7, 11) is 2.55. The van der Waals surface area contributed by atoms with Crippen LogP contribution in [0.15, 0.2) is 54.3 Å². The molecule has 190 valence electrons. The molecule has 0 unspecified atom stereocenters. The van der Waals surface area contributed by atoms with Crippen molar-refractivity contribution in [2.75, 3.05) is 14.2 Å². The first kappa shape index (κ1) is 25.2. The van der Waals surface area contributed by atoms with E-state index in [1.54, 1.807) is 45.2 Å². The molecule has 1 saturated heterocycles. The van der Waals surface area contributed by atoms with E-state index in [9.17, 15) is 19.2 Å². The minimum absolute atomic E-state index is 0.256. The van der Waals surface area contributed by atoms with Crippen LogP contribution in [-0.4, -0.2) is 54.5 Å². The molecule has 0 amide bonds. The summed E-state index contributed by atoms with van der Waals surface area (Å²) in [6, 6.07) is 7.33. The van der Waals surface area contributed by atoms with E-state index >= 15 is 0 Å². The molecule has 0 radical (unpaired) electrons. The molecule has 0 saturated carbocycles. The van der Waals surface area contributed by atoms with E-state index in [4.69, 9.17) is 18.9 Å². The summed E-state index contributed by atoms with van der Waals surface area (Å²) in [4.78, 5) is 50.4. The van der Waals surface area contributed by atoms with Gasteiger partial charge in [-0.25, -0.2) is 14.4 Å². The number of carbonyl (C=O) groups excluding carboxylic acids is 4. The Morgan fingerprint density at radius 3 is 2.53 bits per heavy atom. The van der Waals surface area contributed by atoms with Gasteiger partial charge < -0.3 is 18.9 Å². The van der Waals surface area contributed by atoms with Gasteiger partial charge in [0, 0.05) is 29.5 Å². The van der Waals surface area contributed by atoms with Crippen molar-refractivity contribution < 1.29 is 38.1 Å². The number of benzene rings is 1. The summed E-state index contributed by atoms with van der Waals surface area (Å²) < 4.78 is 22.2. The normalized spacial score (nSPS) is 23.4. The van der Waals surface area contributed by atoms with Crippen LogP contribution in [0.2, 0.25) is 0 Å². The monoisotopic (exact) mass is 495 g/mol. The van der Waals surface area contributed by atoms with Gasteiger partial charge in [-0.2, -0.15) is 0 Å². The highest BCUT2D eigenvalue weighted by Gasteiger charge is 2.56. The topological polar surface area (TPSA) is 110 Å². The van der Waals surface area contributed by atoms with Crippen LogP contribution in [0.1, 0.15) is 39.2 Å². The summed E-state index contributed by atoms with van der Waals surface area (Å²) in [6.07, 6.45) is 5.36. The average Bonchev–Trinajstić information content (AvgIpc) is 3.23. The standard InChI is InChI=1S/C27H29NO8/c1-26(2,3)36-25(32)28-15-19(16-9-6-7-10-20(16)28)27(12-8-11-22(29)33-4)14-21-17(23(30)34-5)13-18(27)24(31)35-21/h6-11,13,15,18,21H,12,14H2,1-5H3/b11-8+/t18-,21+,27-/m0/s1. The maximum absolute atomic E-state index is 13.1. The quantitative estimate of drug-likeness (QED) is 0.350. The summed E-state index contributed by atoms with van der Waals surface area (Å²) in [5.74, 6) is -2.43. The van der Waals surface area contributed by atoms with E-state index in [0.717, 1.165) is 5.39 Å². The number of fused-ring (bicyclic) bond motifs is 3. The molecule has 3 aliphatic rings. The van der Waals surface area contributed by atoms with E-state index in [-0.39, 0.29) is 18.4 Å². The third kappa shape index (κ3) is 4.41. The Kier molecular flexibility index (Phi) is 6.51. The molecular weight excluding hydrogens is 466 g/mol. The van der Waals surface area contributed by atoms with Gasteiger partial charge >= 0.3 is 24.0 Å². The van der Waals surface area contributed by atoms with E-state index < -0.39 is 47.0 Å². The predicted molar refractivity (Wildman–Crippen MR) is 129 cm³/mol. The van der Waals surface area contributed by atoms with Crippen molar-refractivity contribution in [2.24, 2.45) is 5.92 Å². The van der Waals surface area contributed by atoms with Crippen molar-refractivity contribution in [3.05, 3.63) is 59.8 Å². The Balaban J connectivity index is 1.91. The number of rotatable bonds is 5. The van der Waals surface area contributed by atoms with Gasteiger partial charge in [0.1, 0.15) is 11.7 Å². The van der Waals surface area contributed by atoms with Crippen molar-refractivity contribution in [2.45, 2.75) is 50.7 Å². The van der Waals surface area contributed by atoms with Gasteiger partial charge in [0.05, 0.1) is 31.2 Å². The van der Waals surface area contributed by atoms with E-state index in [0.29, 0.717) is 11.1 Å². The molecule has 5 rings (SSSR count). The highest BCUT2D eigenvalue weighted by molar-refractivity contribution is 5.97. The molecule has 0 N–H and O–H groups in total. The number of para-hydroxylation sites is 1. The first-order valence-corrected chi connectivity index (χ1v) is 11.6. The van der Waals surface area contributed by atoms with Crippen LogP contribution >= 0.6 is 0 Å². The lowest BCUT2D eigenvalue weighted by atomic mass is 9.59. The van der Waals surface area contributed by atoms with Crippen molar-refractivity contribution in [3.63, 3.8) is 0 Å². The third-order valence-corrected chi connectivity index (χ3v) is 6.55. The number of carbonyl (C=O) groups is 4. The number of ether oxygens (including phenoxy) is 4. The number of esters is 3. The summed E-state index contributed by atoms with van der Waals surface area (Å²) in [6.45, 7) is 5.35. The average molecular weight is 496 g/mol. The number of nitrogens with zero attached hydrogens (tertiary/aromatic N) is 1. The number of methoxy groups -OCH3 is 2. The molecule has 3 heterocycles. The molecule has 9 heteroatoms. The maximum Gasteiger partial charge on any atom is 0.419 e. The van der Waals surface area contributed by atoms with Crippen LogP contribution in [0.5, 0.6) is 0 Å². The van der Waals surface area contributed by atoms with Crippen molar-refractivity contribution in [1.29, 1.82) is 0 Å². The maximum atomic E-state index is 13.1. The Hall–Kier alpha value is -3.88. The van der Waals surface area contributed by atoms with Crippen LogP contribution in [0, 0.1) is 5.92 Å². The van der Waals surface area contributed by atoms with Crippen LogP contribution in [0.4, 0.5) is 4.79 Å². The zero-order valence-electron chi connectivity index (χ0n) is 20.9. The Labute approximate surface area is 208 Å². The van der Waals surface area contributed by atoms with Crippen LogP contribution in [0.3, 0.4) is 0 Å². The molecule has 0 spiro atoms. The Bertz CT molecular complexity index is 1290. The molecule has 2 bridgehead atoms. The van der Waals surface area contributed by atoms with Gasteiger partial charge in [0.2, 0.25) is 0 Å². The number of hydrogen-bond donors (Lipinski definition) is 0. The molecule has 2 aromatic rings. The lowest BCUT2D eigenvalue weighted by Gasteiger charge is -2.48. The van der Waals surface area contributed by atoms with E-state index in [1.807, 2.05) is 18.2 Å². The summed E-state index contributed by atoms with van der Waals surface area (Å²) in [5, 5.41) is 0.753. The molecular formula is C27H29NO8. The number of aromatic nitrogens is 1. The second-order valence-electron chi connectivity index (χ2n) is 9.92. The van der Waals surface area contributed by atoms with E-state index in [2.05, 4.69) is 0 Å². The second kappa shape index (κ2) is 9.29. The number of hydrogen-bond acceptors (Lipinski definition) is 8. The Morgan fingerprint density at radius 2 is 1.89 bits per heavy atom.